The molecule has 0 fully saturated rings. The van der Waals surface area contributed by atoms with Gasteiger partial charge in [-0.1, -0.05) is 24.3 Å². The highest BCUT2D eigenvalue weighted by Crippen LogP contribution is 2.23. The molecule has 0 aliphatic rings. The maximum Gasteiger partial charge on any atom is 0.322 e. The fourth-order valence-electron chi connectivity index (χ4n) is 1.63. The Morgan fingerprint density at radius 3 is 2.56 bits per heavy atom. The number of anilines is 1. The molecule has 0 saturated carbocycles. The zero-order chi connectivity index (χ0) is 13.0. The number of hydrogen-bond donors (Lipinski definition) is 1. The third-order valence-corrected chi connectivity index (χ3v) is 3.92. The Balaban J connectivity index is 2.01. The second-order valence-corrected chi connectivity index (χ2v) is 5.08. The van der Waals surface area contributed by atoms with E-state index in [9.17, 15) is 4.79 Å². The molecule has 0 aliphatic carbocycles. The van der Waals surface area contributed by atoms with Crippen molar-refractivity contribution in [2.75, 3.05) is 12.4 Å². The van der Waals surface area contributed by atoms with Gasteiger partial charge in [0.05, 0.1) is 6.04 Å². The van der Waals surface area contributed by atoms with Crippen LogP contribution >= 0.6 is 11.3 Å². The summed E-state index contributed by atoms with van der Waals surface area (Å²) in [4.78, 5) is 15.0. The van der Waals surface area contributed by atoms with Gasteiger partial charge in [-0.3, -0.25) is 0 Å². The van der Waals surface area contributed by atoms with Crippen LogP contribution in [0.2, 0.25) is 0 Å². The van der Waals surface area contributed by atoms with Gasteiger partial charge in [0.2, 0.25) is 0 Å². The Bertz CT molecular complexity index is 496. The molecule has 0 saturated heterocycles. The van der Waals surface area contributed by atoms with Crippen LogP contribution in [0.25, 0.3) is 0 Å². The predicted molar refractivity (Wildman–Crippen MR) is 76.0 cm³/mol. The standard InChI is InChI=1S/C14H16N2OS/c1-11(13-9-6-10-18-13)16(2)14(17)15-12-7-4-3-5-8-12/h3-11H,1-2H3,(H,15,17)/t11-/m1/s1. The van der Waals surface area contributed by atoms with Crippen LogP contribution in [0.4, 0.5) is 10.5 Å². The zero-order valence-electron chi connectivity index (χ0n) is 10.5. The van der Waals surface area contributed by atoms with E-state index in [0.717, 1.165) is 5.69 Å². The molecular weight excluding hydrogens is 244 g/mol. The molecule has 0 spiro atoms. The van der Waals surface area contributed by atoms with Crippen molar-refractivity contribution in [1.29, 1.82) is 0 Å². The van der Waals surface area contributed by atoms with Crippen molar-refractivity contribution in [2.24, 2.45) is 0 Å². The summed E-state index contributed by atoms with van der Waals surface area (Å²) in [5, 5.41) is 4.90. The zero-order valence-corrected chi connectivity index (χ0v) is 11.3. The lowest BCUT2D eigenvalue weighted by Gasteiger charge is -2.24. The Labute approximate surface area is 111 Å². The molecule has 1 heterocycles. The molecule has 0 aliphatic heterocycles. The summed E-state index contributed by atoms with van der Waals surface area (Å²) in [6, 6.07) is 13.5. The maximum absolute atomic E-state index is 12.1. The maximum atomic E-state index is 12.1. The molecule has 2 amide bonds. The summed E-state index contributed by atoms with van der Waals surface area (Å²) in [5.41, 5.74) is 0.813. The Kier molecular flexibility index (Phi) is 3.99. The number of carbonyl (C=O) groups excluding carboxylic acids is 1. The third kappa shape index (κ3) is 2.90. The van der Waals surface area contributed by atoms with Crippen molar-refractivity contribution in [3.8, 4) is 0 Å². The number of carbonyl (C=O) groups is 1. The minimum atomic E-state index is -0.0953. The highest BCUT2D eigenvalue weighted by Gasteiger charge is 2.17. The summed E-state index contributed by atoms with van der Waals surface area (Å²) in [5.74, 6) is 0. The van der Waals surface area contributed by atoms with E-state index in [4.69, 9.17) is 0 Å². The first kappa shape index (κ1) is 12.6. The first-order valence-corrected chi connectivity index (χ1v) is 6.68. The van der Waals surface area contributed by atoms with Crippen LogP contribution in [0.1, 0.15) is 17.8 Å². The van der Waals surface area contributed by atoms with Gasteiger partial charge in [-0.2, -0.15) is 0 Å². The van der Waals surface area contributed by atoms with Gasteiger partial charge in [0.25, 0.3) is 0 Å². The van der Waals surface area contributed by atoms with Gasteiger partial charge >= 0.3 is 6.03 Å². The number of benzene rings is 1. The monoisotopic (exact) mass is 260 g/mol. The molecule has 4 heteroatoms. The first-order valence-electron chi connectivity index (χ1n) is 5.81. The number of amides is 2. The average molecular weight is 260 g/mol. The smallest absolute Gasteiger partial charge is 0.320 e. The van der Waals surface area contributed by atoms with Crippen LogP contribution in [-0.2, 0) is 0 Å². The fraction of sp³-hybridized carbons (Fsp3) is 0.214. The van der Waals surface area contributed by atoms with Crippen molar-refractivity contribution in [2.45, 2.75) is 13.0 Å². The van der Waals surface area contributed by atoms with Gasteiger partial charge in [0.1, 0.15) is 0 Å². The minimum absolute atomic E-state index is 0.0775. The topological polar surface area (TPSA) is 32.3 Å². The summed E-state index contributed by atoms with van der Waals surface area (Å²) in [6.07, 6.45) is 0. The van der Waals surface area contributed by atoms with Crippen molar-refractivity contribution in [3.05, 3.63) is 52.7 Å². The van der Waals surface area contributed by atoms with E-state index in [2.05, 4.69) is 5.32 Å². The molecule has 2 aromatic rings. The number of urea groups is 1. The molecular formula is C14H16N2OS. The van der Waals surface area contributed by atoms with Crippen LogP contribution in [-0.4, -0.2) is 18.0 Å². The first-order chi connectivity index (χ1) is 8.68. The SMILES string of the molecule is C[C@H](c1cccs1)N(C)C(=O)Nc1ccccc1. The molecule has 94 valence electrons. The summed E-state index contributed by atoms with van der Waals surface area (Å²) in [6.45, 7) is 2.02. The number of para-hydroxylation sites is 1. The Morgan fingerprint density at radius 2 is 1.94 bits per heavy atom. The molecule has 1 atom stereocenters. The molecule has 2 rings (SSSR count). The van der Waals surface area contributed by atoms with E-state index in [1.807, 2.05) is 61.8 Å². The van der Waals surface area contributed by atoms with E-state index in [1.165, 1.54) is 4.88 Å². The van der Waals surface area contributed by atoms with Crippen molar-refractivity contribution < 1.29 is 4.79 Å². The van der Waals surface area contributed by atoms with Crippen LogP contribution in [0.3, 0.4) is 0 Å². The molecule has 0 unspecified atom stereocenters. The van der Waals surface area contributed by atoms with E-state index in [-0.39, 0.29) is 12.1 Å². The summed E-state index contributed by atoms with van der Waals surface area (Å²) in [7, 11) is 1.81. The lowest BCUT2D eigenvalue weighted by molar-refractivity contribution is 0.209. The second-order valence-electron chi connectivity index (χ2n) is 4.10. The lowest BCUT2D eigenvalue weighted by Crippen LogP contribution is -2.33. The van der Waals surface area contributed by atoms with Gasteiger partial charge < -0.3 is 10.2 Å². The quantitative estimate of drug-likeness (QED) is 0.889. The minimum Gasteiger partial charge on any atom is -0.320 e. The fourth-order valence-corrected chi connectivity index (χ4v) is 2.46. The average Bonchev–Trinajstić information content (AvgIpc) is 2.92. The highest BCUT2D eigenvalue weighted by molar-refractivity contribution is 7.10. The van der Waals surface area contributed by atoms with Gasteiger partial charge in [-0.05, 0) is 30.5 Å². The molecule has 1 aromatic heterocycles. The van der Waals surface area contributed by atoms with E-state index < -0.39 is 0 Å². The van der Waals surface area contributed by atoms with Gasteiger partial charge in [-0.15, -0.1) is 11.3 Å². The molecule has 0 bridgehead atoms. The molecule has 1 aromatic carbocycles. The highest BCUT2D eigenvalue weighted by atomic mass is 32.1. The van der Waals surface area contributed by atoms with Gasteiger partial charge in [-0.25, -0.2) is 4.79 Å². The third-order valence-electron chi connectivity index (χ3n) is 2.88. The van der Waals surface area contributed by atoms with E-state index >= 15 is 0 Å². The number of hydrogen-bond acceptors (Lipinski definition) is 2. The number of rotatable bonds is 3. The second kappa shape index (κ2) is 5.69. The normalized spacial score (nSPS) is 11.9. The van der Waals surface area contributed by atoms with Crippen LogP contribution < -0.4 is 5.32 Å². The number of thiophene rings is 1. The largest absolute Gasteiger partial charge is 0.322 e. The lowest BCUT2D eigenvalue weighted by atomic mass is 10.2. The van der Waals surface area contributed by atoms with E-state index in [0.29, 0.717) is 0 Å². The van der Waals surface area contributed by atoms with Crippen LogP contribution in [0.15, 0.2) is 47.8 Å². The summed E-state index contributed by atoms with van der Waals surface area (Å²) >= 11 is 1.66. The number of nitrogens with one attached hydrogen (secondary N) is 1. The van der Waals surface area contributed by atoms with Crippen LogP contribution in [0.5, 0.6) is 0 Å². The van der Waals surface area contributed by atoms with Crippen molar-refractivity contribution in [3.63, 3.8) is 0 Å². The van der Waals surface area contributed by atoms with E-state index in [1.54, 1.807) is 16.2 Å². The summed E-state index contributed by atoms with van der Waals surface area (Å²) < 4.78 is 0. The number of nitrogens with zero attached hydrogens (tertiary/aromatic N) is 1. The Hall–Kier alpha value is -1.81. The van der Waals surface area contributed by atoms with Crippen LogP contribution in [0, 0.1) is 0 Å². The van der Waals surface area contributed by atoms with Crippen molar-refractivity contribution in [1.82, 2.24) is 4.90 Å². The predicted octanol–water partition coefficient (Wildman–Crippen LogP) is 3.97. The molecule has 0 radical (unpaired) electrons. The molecule has 3 nitrogen and oxygen atoms in total. The molecule has 1 N–H and O–H groups in total. The Morgan fingerprint density at radius 1 is 1.22 bits per heavy atom. The molecule has 18 heavy (non-hydrogen) atoms. The van der Waals surface area contributed by atoms with Gasteiger partial charge in [0.15, 0.2) is 0 Å². The van der Waals surface area contributed by atoms with Crippen molar-refractivity contribution >= 4 is 23.1 Å². The van der Waals surface area contributed by atoms with Gasteiger partial charge in [0, 0.05) is 17.6 Å².